The number of alkyl halides is 1. The highest BCUT2D eigenvalue weighted by Crippen LogP contribution is 2.27. The lowest BCUT2D eigenvalue weighted by Crippen LogP contribution is -2.26. The smallest absolute Gasteiger partial charge is 0.170 e. The van der Waals surface area contributed by atoms with E-state index in [2.05, 4.69) is 16.8 Å². The van der Waals surface area contributed by atoms with Crippen molar-refractivity contribution in [3.8, 4) is 0 Å². The van der Waals surface area contributed by atoms with Crippen LogP contribution in [0.5, 0.6) is 0 Å². The maximum atomic E-state index is 14.2. The van der Waals surface area contributed by atoms with Crippen molar-refractivity contribution in [2.75, 3.05) is 18.0 Å². The molecule has 0 saturated carbocycles. The molecule has 0 aromatic carbocycles. The van der Waals surface area contributed by atoms with Crippen LogP contribution in [0.1, 0.15) is 44.6 Å². The van der Waals surface area contributed by atoms with Crippen molar-refractivity contribution >= 4 is 17.4 Å². The first kappa shape index (κ1) is 14.6. The largest absolute Gasteiger partial charge is 0.354 e. The first-order chi connectivity index (χ1) is 9.26. The van der Waals surface area contributed by atoms with Crippen LogP contribution < -0.4 is 4.90 Å². The molecule has 0 amide bonds. The molecule has 19 heavy (non-hydrogen) atoms. The fourth-order valence-electron chi connectivity index (χ4n) is 2.87. The molecule has 0 spiro atoms. The molecule has 0 N–H and O–H groups in total. The third kappa shape index (κ3) is 3.59. The van der Waals surface area contributed by atoms with Crippen LogP contribution in [0.2, 0.25) is 0 Å². The lowest BCUT2D eigenvalue weighted by atomic mass is 9.96. The molecule has 1 aliphatic heterocycles. The lowest BCUT2D eigenvalue weighted by molar-refractivity contribution is 0.435. The third-order valence-corrected chi connectivity index (χ3v) is 4.23. The Hall–Kier alpha value is -0.830. The minimum Gasteiger partial charge on any atom is -0.354 e. The lowest BCUT2D eigenvalue weighted by Gasteiger charge is -2.22. The van der Waals surface area contributed by atoms with Gasteiger partial charge in [-0.15, -0.1) is 11.6 Å². The van der Waals surface area contributed by atoms with E-state index in [4.69, 9.17) is 11.6 Å². The van der Waals surface area contributed by atoms with E-state index in [-0.39, 0.29) is 11.7 Å². The number of nitrogens with zero attached hydrogens (tertiary/aromatic N) is 2. The Morgan fingerprint density at radius 3 is 3.00 bits per heavy atom. The molecule has 2 rings (SSSR count). The number of halogens is 2. The summed E-state index contributed by atoms with van der Waals surface area (Å²) in [5.74, 6) is 1.23. The van der Waals surface area contributed by atoms with Gasteiger partial charge in [-0.3, -0.25) is 0 Å². The summed E-state index contributed by atoms with van der Waals surface area (Å²) in [6.07, 6.45) is 7.69. The Kier molecular flexibility index (Phi) is 5.44. The van der Waals surface area contributed by atoms with Crippen molar-refractivity contribution in [3.05, 3.63) is 23.6 Å². The van der Waals surface area contributed by atoms with E-state index in [0.717, 1.165) is 31.8 Å². The van der Waals surface area contributed by atoms with Crippen molar-refractivity contribution in [2.24, 2.45) is 5.92 Å². The van der Waals surface area contributed by atoms with Gasteiger partial charge in [0.25, 0.3) is 0 Å². The van der Waals surface area contributed by atoms with Crippen molar-refractivity contribution < 1.29 is 4.39 Å². The van der Waals surface area contributed by atoms with Crippen LogP contribution in [-0.4, -0.2) is 18.1 Å². The normalized spacial score (nSPS) is 20.4. The second-order valence-electron chi connectivity index (χ2n) is 5.31. The van der Waals surface area contributed by atoms with Crippen LogP contribution in [0.4, 0.5) is 10.2 Å². The summed E-state index contributed by atoms with van der Waals surface area (Å²) in [6, 6.07) is 1.66. The van der Waals surface area contributed by atoms with Crippen molar-refractivity contribution in [1.29, 1.82) is 0 Å². The average molecular weight is 285 g/mol. The van der Waals surface area contributed by atoms with Crippen molar-refractivity contribution in [2.45, 2.75) is 44.9 Å². The summed E-state index contributed by atoms with van der Waals surface area (Å²) in [7, 11) is 0. The second-order valence-corrected chi connectivity index (χ2v) is 5.58. The molecular formula is C15H22ClFN2. The molecule has 2 heterocycles. The van der Waals surface area contributed by atoms with Gasteiger partial charge in [-0.05, 0) is 31.2 Å². The number of hydrogen-bond donors (Lipinski definition) is 0. The van der Waals surface area contributed by atoms with E-state index in [1.165, 1.54) is 19.3 Å². The van der Waals surface area contributed by atoms with Gasteiger partial charge < -0.3 is 4.90 Å². The van der Waals surface area contributed by atoms with Crippen LogP contribution in [-0.2, 0) is 5.88 Å². The molecular weight excluding hydrogens is 263 g/mol. The molecule has 1 saturated heterocycles. The summed E-state index contributed by atoms with van der Waals surface area (Å²) in [4.78, 5) is 6.30. The quantitative estimate of drug-likeness (QED) is 0.764. The molecule has 1 atom stereocenters. The number of aromatic nitrogens is 1. The molecule has 0 bridgehead atoms. The van der Waals surface area contributed by atoms with Crippen molar-refractivity contribution in [1.82, 2.24) is 4.98 Å². The predicted molar refractivity (Wildman–Crippen MR) is 78.2 cm³/mol. The molecule has 1 aliphatic rings. The van der Waals surface area contributed by atoms with E-state index >= 15 is 0 Å². The van der Waals surface area contributed by atoms with Crippen LogP contribution in [0.25, 0.3) is 0 Å². The van der Waals surface area contributed by atoms with E-state index in [0.29, 0.717) is 11.4 Å². The van der Waals surface area contributed by atoms with Gasteiger partial charge in [0, 0.05) is 24.8 Å². The molecule has 1 unspecified atom stereocenters. The Morgan fingerprint density at radius 1 is 1.42 bits per heavy atom. The van der Waals surface area contributed by atoms with Crippen LogP contribution in [0.15, 0.2) is 12.3 Å². The number of hydrogen-bond acceptors (Lipinski definition) is 2. The predicted octanol–water partition coefficient (Wildman–Crippen LogP) is 4.37. The zero-order valence-corrected chi connectivity index (χ0v) is 12.3. The fourth-order valence-corrected chi connectivity index (χ4v) is 3.08. The highest BCUT2D eigenvalue weighted by molar-refractivity contribution is 6.17. The maximum absolute atomic E-state index is 14.2. The standard InChI is InChI=1S/C15H22ClFN2/c1-2-4-12-5-3-9-19(10-7-12)15-14(17)13(11-16)6-8-18-15/h6,8,12H,2-5,7,9-11H2,1H3. The Morgan fingerprint density at radius 2 is 2.26 bits per heavy atom. The van der Waals surface area contributed by atoms with Gasteiger partial charge in [0.15, 0.2) is 11.6 Å². The molecule has 106 valence electrons. The highest BCUT2D eigenvalue weighted by atomic mass is 35.5. The van der Waals surface area contributed by atoms with E-state index < -0.39 is 0 Å². The van der Waals surface area contributed by atoms with E-state index in [9.17, 15) is 4.39 Å². The maximum Gasteiger partial charge on any atom is 0.170 e. The van der Waals surface area contributed by atoms with Crippen LogP contribution in [0, 0.1) is 11.7 Å². The summed E-state index contributed by atoms with van der Waals surface area (Å²) < 4.78 is 14.2. The van der Waals surface area contributed by atoms with Crippen LogP contribution >= 0.6 is 11.6 Å². The molecule has 1 aromatic heterocycles. The summed E-state index contributed by atoms with van der Waals surface area (Å²) >= 11 is 5.75. The highest BCUT2D eigenvalue weighted by Gasteiger charge is 2.20. The van der Waals surface area contributed by atoms with Gasteiger partial charge in [-0.2, -0.15) is 0 Å². The summed E-state index contributed by atoms with van der Waals surface area (Å²) in [5, 5.41) is 0. The third-order valence-electron chi connectivity index (χ3n) is 3.94. The van der Waals surface area contributed by atoms with Gasteiger partial charge in [-0.1, -0.05) is 19.8 Å². The Bertz CT molecular complexity index is 411. The van der Waals surface area contributed by atoms with Gasteiger partial charge >= 0.3 is 0 Å². The SMILES string of the molecule is CCCC1CCCN(c2nccc(CCl)c2F)CC1. The Labute approximate surface area is 120 Å². The summed E-state index contributed by atoms with van der Waals surface area (Å²) in [5.41, 5.74) is 0.543. The molecule has 0 radical (unpaired) electrons. The molecule has 1 fully saturated rings. The number of anilines is 1. The zero-order valence-electron chi connectivity index (χ0n) is 11.5. The zero-order chi connectivity index (χ0) is 13.7. The van der Waals surface area contributed by atoms with E-state index in [1.54, 1.807) is 12.3 Å². The van der Waals surface area contributed by atoms with Gasteiger partial charge in [-0.25, -0.2) is 9.37 Å². The second kappa shape index (κ2) is 7.09. The molecule has 0 aliphatic carbocycles. The van der Waals surface area contributed by atoms with Crippen LogP contribution in [0.3, 0.4) is 0 Å². The van der Waals surface area contributed by atoms with Gasteiger partial charge in [0.05, 0.1) is 5.88 Å². The first-order valence-electron chi connectivity index (χ1n) is 7.20. The molecule has 4 heteroatoms. The minimum atomic E-state index is -0.244. The Balaban J connectivity index is 2.10. The topological polar surface area (TPSA) is 16.1 Å². The molecule has 2 nitrogen and oxygen atoms in total. The minimum absolute atomic E-state index is 0.202. The monoisotopic (exact) mass is 284 g/mol. The van der Waals surface area contributed by atoms with Gasteiger partial charge in [0.2, 0.25) is 0 Å². The summed E-state index contributed by atoms with van der Waals surface area (Å²) in [6.45, 7) is 4.03. The average Bonchev–Trinajstić information content (AvgIpc) is 2.65. The first-order valence-corrected chi connectivity index (χ1v) is 7.74. The fraction of sp³-hybridized carbons (Fsp3) is 0.667. The molecule has 1 aromatic rings. The van der Waals surface area contributed by atoms with Crippen molar-refractivity contribution in [3.63, 3.8) is 0 Å². The van der Waals surface area contributed by atoms with E-state index in [1.807, 2.05) is 0 Å². The number of rotatable bonds is 4. The van der Waals surface area contributed by atoms with Gasteiger partial charge in [0.1, 0.15) is 0 Å². The number of pyridine rings is 1.